The van der Waals surface area contributed by atoms with Gasteiger partial charge in [-0.2, -0.15) is 0 Å². The first-order valence-electron chi connectivity index (χ1n) is 14.2. The van der Waals surface area contributed by atoms with Crippen molar-refractivity contribution in [2.75, 3.05) is 13.2 Å². The molecule has 0 unspecified atom stereocenters. The van der Waals surface area contributed by atoms with Crippen LogP contribution in [-0.2, 0) is 16.1 Å². The lowest BCUT2D eigenvalue weighted by atomic mass is 9.84. The number of nitrogens with zero attached hydrogens (tertiary/aromatic N) is 1. The van der Waals surface area contributed by atoms with Crippen molar-refractivity contribution in [1.29, 1.82) is 0 Å². The van der Waals surface area contributed by atoms with Gasteiger partial charge in [0.2, 0.25) is 5.90 Å². The van der Waals surface area contributed by atoms with Crippen molar-refractivity contribution in [2.24, 2.45) is 4.99 Å². The van der Waals surface area contributed by atoms with Gasteiger partial charge < -0.3 is 19.9 Å². The summed E-state index contributed by atoms with van der Waals surface area (Å²) in [4.78, 5) is 19.3. The number of nitrogens with one attached hydrogen (secondary N) is 1. The summed E-state index contributed by atoms with van der Waals surface area (Å²) < 4.78 is 25.7. The van der Waals surface area contributed by atoms with E-state index in [1.165, 1.54) is 12.1 Å². The number of carbonyl (C=O) groups excluding carboxylic acids is 1. The number of amides is 1. The molecule has 4 aromatic carbocycles. The second-order valence-electron chi connectivity index (χ2n) is 10.3. The molecule has 1 aliphatic heterocycles. The lowest BCUT2D eigenvalue weighted by Crippen LogP contribution is -2.47. The SMILES string of the molecule is O=C(NCc1ccc(F)cc1)[C@]1(C/C=C/c2ccccc2)N=C(c2ccc(OCCCO)cc2)O[C@@H]1c1ccc(Cl)cc1Cl. The minimum atomic E-state index is -1.45. The van der Waals surface area contributed by atoms with Crippen LogP contribution in [0, 0.1) is 5.82 Å². The molecule has 0 fully saturated rings. The summed E-state index contributed by atoms with van der Waals surface area (Å²) in [7, 11) is 0. The highest BCUT2D eigenvalue weighted by molar-refractivity contribution is 6.35. The summed E-state index contributed by atoms with van der Waals surface area (Å²) >= 11 is 12.9. The maximum Gasteiger partial charge on any atom is 0.252 e. The number of benzene rings is 4. The van der Waals surface area contributed by atoms with Crippen LogP contribution in [0.3, 0.4) is 0 Å². The fraction of sp³-hybridized carbons (Fsp3) is 0.200. The summed E-state index contributed by atoms with van der Waals surface area (Å²) in [5, 5.41) is 12.8. The molecule has 0 saturated heterocycles. The van der Waals surface area contributed by atoms with Crippen LogP contribution >= 0.6 is 23.2 Å². The van der Waals surface area contributed by atoms with Crippen molar-refractivity contribution in [3.05, 3.63) is 141 Å². The number of ether oxygens (including phenoxy) is 2. The number of aliphatic hydroxyl groups excluding tert-OH is 1. The van der Waals surface area contributed by atoms with E-state index in [1.807, 2.05) is 42.5 Å². The molecule has 44 heavy (non-hydrogen) atoms. The van der Waals surface area contributed by atoms with Crippen molar-refractivity contribution in [1.82, 2.24) is 5.32 Å². The number of aliphatic imine (C=N–C) groups is 1. The summed E-state index contributed by atoms with van der Waals surface area (Å²) in [6.45, 7) is 0.589. The second-order valence-corrected chi connectivity index (χ2v) is 11.1. The molecule has 9 heteroatoms. The van der Waals surface area contributed by atoms with Crippen LogP contribution in [0.4, 0.5) is 4.39 Å². The van der Waals surface area contributed by atoms with Crippen molar-refractivity contribution in [3.63, 3.8) is 0 Å². The lowest BCUT2D eigenvalue weighted by molar-refractivity contribution is -0.129. The predicted octanol–water partition coefficient (Wildman–Crippen LogP) is 7.57. The minimum Gasteiger partial charge on any atom is -0.494 e. The third-order valence-electron chi connectivity index (χ3n) is 7.18. The average Bonchev–Trinajstić information content (AvgIpc) is 3.42. The molecule has 5 rings (SSSR count). The molecule has 2 atom stereocenters. The largest absolute Gasteiger partial charge is 0.494 e. The van der Waals surface area contributed by atoms with Gasteiger partial charge in [-0.3, -0.25) is 4.79 Å². The van der Waals surface area contributed by atoms with Crippen LogP contribution in [0.25, 0.3) is 6.08 Å². The van der Waals surface area contributed by atoms with E-state index in [2.05, 4.69) is 5.32 Å². The Kier molecular flexibility index (Phi) is 10.3. The molecule has 1 heterocycles. The standard InChI is InChI=1S/C35H31Cl2FN2O4/c36-27-13-18-30(31(37)22-27)32-35(19-4-8-24-6-2-1-3-7-24,34(42)39-23-25-9-14-28(38)15-10-25)40-33(44-32)26-11-16-29(17-12-26)43-21-5-20-41/h1-4,6-18,22,32,41H,5,19-21,23H2,(H,39,42)/b8-4+/t32-,35-/m1/s1. The second kappa shape index (κ2) is 14.5. The van der Waals surface area contributed by atoms with E-state index in [4.69, 9.17) is 42.8 Å². The van der Waals surface area contributed by atoms with Gasteiger partial charge in [-0.25, -0.2) is 9.38 Å². The molecule has 6 nitrogen and oxygen atoms in total. The fourth-order valence-corrected chi connectivity index (χ4v) is 5.39. The zero-order chi connectivity index (χ0) is 30.9. The van der Waals surface area contributed by atoms with Gasteiger partial charge in [0.1, 0.15) is 11.6 Å². The van der Waals surface area contributed by atoms with Gasteiger partial charge in [0.25, 0.3) is 5.91 Å². The quantitative estimate of drug-likeness (QED) is 0.158. The molecule has 226 valence electrons. The molecule has 0 spiro atoms. The van der Waals surface area contributed by atoms with Crippen molar-refractivity contribution >= 4 is 41.1 Å². The Morgan fingerprint density at radius 2 is 1.77 bits per heavy atom. The van der Waals surface area contributed by atoms with Crippen molar-refractivity contribution < 1.29 is 23.8 Å². The van der Waals surface area contributed by atoms with Gasteiger partial charge in [-0.1, -0.05) is 83.9 Å². The van der Waals surface area contributed by atoms with Crippen LogP contribution < -0.4 is 10.1 Å². The molecule has 1 aliphatic rings. The number of carbonyl (C=O) groups is 1. The highest BCUT2D eigenvalue weighted by atomic mass is 35.5. The maximum atomic E-state index is 14.3. The van der Waals surface area contributed by atoms with Gasteiger partial charge in [-0.15, -0.1) is 0 Å². The molecular formula is C35H31Cl2FN2O4. The van der Waals surface area contributed by atoms with Gasteiger partial charge in [0, 0.05) is 47.2 Å². The monoisotopic (exact) mass is 632 g/mol. The van der Waals surface area contributed by atoms with Crippen LogP contribution in [0.15, 0.2) is 108 Å². The van der Waals surface area contributed by atoms with Crippen molar-refractivity contribution in [3.8, 4) is 5.75 Å². The van der Waals surface area contributed by atoms with Gasteiger partial charge in [0.05, 0.1) is 6.61 Å². The topological polar surface area (TPSA) is 80.2 Å². The third-order valence-corrected chi connectivity index (χ3v) is 7.74. The van der Waals surface area contributed by atoms with E-state index in [0.29, 0.717) is 39.9 Å². The normalized spacial score (nSPS) is 17.7. The number of aliphatic hydroxyl groups is 1. The Morgan fingerprint density at radius 3 is 2.48 bits per heavy atom. The van der Waals surface area contributed by atoms with Crippen LogP contribution in [-0.4, -0.2) is 35.7 Å². The number of hydrogen-bond donors (Lipinski definition) is 2. The average molecular weight is 634 g/mol. The van der Waals surface area contributed by atoms with E-state index in [0.717, 1.165) is 11.1 Å². The van der Waals surface area contributed by atoms with E-state index in [-0.39, 0.29) is 37.2 Å². The molecule has 0 saturated carbocycles. The molecule has 4 aromatic rings. The number of halogens is 3. The highest BCUT2D eigenvalue weighted by Crippen LogP contribution is 2.45. The van der Waals surface area contributed by atoms with E-state index < -0.39 is 11.6 Å². The Hall–Kier alpha value is -4.17. The van der Waals surface area contributed by atoms with Gasteiger partial charge in [0.15, 0.2) is 11.6 Å². The minimum absolute atomic E-state index is 0.0431. The molecule has 0 aromatic heterocycles. The molecule has 2 N–H and O–H groups in total. The smallest absolute Gasteiger partial charge is 0.252 e. The highest BCUT2D eigenvalue weighted by Gasteiger charge is 2.53. The molecule has 1 amide bonds. The van der Waals surface area contributed by atoms with Crippen molar-refractivity contribution in [2.45, 2.75) is 31.0 Å². The molecule has 0 aliphatic carbocycles. The molecule has 0 bridgehead atoms. The van der Waals surface area contributed by atoms with E-state index in [1.54, 1.807) is 54.6 Å². The van der Waals surface area contributed by atoms with Gasteiger partial charge >= 0.3 is 0 Å². The zero-order valence-electron chi connectivity index (χ0n) is 23.8. The number of rotatable bonds is 12. The summed E-state index contributed by atoms with van der Waals surface area (Å²) in [5.74, 6) is 0.165. The van der Waals surface area contributed by atoms with Crippen LogP contribution in [0.5, 0.6) is 5.75 Å². The lowest BCUT2D eigenvalue weighted by Gasteiger charge is -2.30. The Bertz CT molecular complexity index is 1630. The van der Waals surface area contributed by atoms with Crippen LogP contribution in [0.2, 0.25) is 10.0 Å². The third kappa shape index (κ3) is 7.48. The Balaban J connectivity index is 1.54. The van der Waals surface area contributed by atoms with E-state index >= 15 is 0 Å². The van der Waals surface area contributed by atoms with Gasteiger partial charge in [-0.05, 0) is 59.7 Å². The Morgan fingerprint density at radius 1 is 1.02 bits per heavy atom. The van der Waals surface area contributed by atoms with E-state index in [9.17, 15) is 9.18 Å². The molecular weight excluding hydrogens is 602 g/mol. The maximum absolute atomic E-state index is 14.3. The summed E-state index contributed by atoms with van der Waals surface area (Å²) in [5.41, 5.74) is 1.46. The molecule has 0 radical (unpaired) electrons. The first-order chi connectivity index (χ1) is 21.4. The first-order valence-corrected chi connectivity index (χ1v) is 14.9. The fourth-order valence-electron chi connectivity index (χ4n) is 4.88. The summed E-state index contributed by atoms with van der Waals surface area (Å²) in [6, 6.07) is 27.9. The van der Waals surface area contributed by atoms with Crippen LogP contribution in [0.1, 0.15) is 41.2 Å². The Labute approximate surface area is 265 Å². The zero-order valence-corrected chi connectivity index (χ0v) is 25.3. The summed E-state index contributed by atoms with van der Waals surface area (Å²) in [6.07, 6.45) is 3.65. The number of hydrogen-bond acceptors (Lipinski definition) is 5. The first kappa shape index (κ1) is 31.3. The predicted molar refractivity (Wildman–Crippen MR) is 172 cm³/mol.